The Morgan fingerprint density at radius 1 is 1.47 bits per heavy atom. The minimum absolute atomic E-state index is 0.0584. The second kappa shape index (κ2) is 6.91. The Morgan fingerprint density at radius 2 is 2.24 bits per heavy atom. The van der Waals surface area contributed by atoms with Gasteiger partial charge in [0.25, 0.3) is 0 Å². The van der Waals surface area contributed by atoms with E-state index in [1.165, 1.54) is 0 Å². The van der Waals surface area contributed by atoms with E-state index in [0.29, 0.717) is 26.1 Å². The average molecular weight is 236 g/mol. The highest BCUT2D eigenvalue weighted by molar-refractivity contribution is 5.75. The van der Waals surface area contributed by atoms with E-state index in [9.17, 15) is 4.79 Å². The lowest BCUT2D eigenvalue weighted by Crippen LogP contribution is -2.32. The molecule has 0 aliphatic rings. The normalized spacial score (nSPS) is 10.1. The van der Waals surface area contributed by atoms with Gasteiger partial charge in [0.2, 0.25) is 5.91 Å². The maximum atomic E-state index is 11.6. The van der Waals surface area contributed by atoms with Crippen molar-refractivity contribution in [2.45, 2.75) is 13.3 Å². The summed E-state index contributed by atoms with van der Waals surface area (Å²) in [5.74, 6) is 0.863. The van der Waals surface area contributed by atoms with E-state index in [-0.39, 0.29) is 5.91 Å². The topological polar surface area (TPSA) is 55.6 Å². The fourth-order valence-corrected chi connectivity index (χ4v) is 1.47. The van der Waals surface area contributed by atoms with Crippen molar-refractivity contribution in [3.63, 3.8) is 0 Å². The molecule has 0 aliphatic heterocycles. The molecule has 0 aliphatic carbocycles. The van der Waals surface area contributed by atoms with Gasteiger partial charge in [-0.05, 0) is 24.6 Å². The van der Waals surface area contributed by atoms with Crippen molar-refractivity contribution in [3.05, 3.63) is 29.8 Å². The van der Waals surface area contributed by atoms with Crippen molar-refractivity contribution >= 4 is 5.91 Å². The summed E-state index contributed by atoms with van der Waals surface area (Å²) >= 11 is 0. The van der Waals surface area contributed by atoms with E-state index >= 15 is 0 Å². The van der Waals surface area contributed by atoms with Gasteiger partial charge in [-0.15, -0.1) is 0 Å². The van der Waals surface area contributed by atoms with Crippen LogP contribution in [0.1, 0.15) is 12.0 Å². The highest BCUT2D eigenvalue weighted by atomic mass is 16.5. The second-order valence-electron chi connectivity index (χ2n) is 4.02. The van der Waals surface area contributed by atoms with Crippen molar-refractivity contribution in [1.29, 1.82) is 0 Å². The highest BCUT2D eigenvalue weighted by Gasteiger charge is 2.07. The van der Waals surface area contributed by atoms with Crippen LogP contribution in [0.15, 0.2) is 24.3 Å². The number of likely N-dealkylation sites (N-methyl/N-ethyl adjacent to an activating group) is 1. The second-order valence-corrected chi connectivity index (χ2v) is 4.02. The molecule has 94 valence electrons. The number of amides is 1. The summed E-state index contributed by atoms with van der Waals surface area (Å²) < 4.78 is 5.51. The number of nitrogens with zero attached hydrogens (tertiary/aromatic N) is 1. The first-order valence-corrected chi connectivity index (χ1v) is 5.77. The number of carbonyl (C=O) groups excluding carboxylic acids is 1. The van der Waals surface area contributed by atoms with E-state index < -0.39 is 0 Å². The first-order chi connectivity index (χ1) is 8.13. The van der Waals surface area contributed by atoms with Crippen LogP contribution in [0.25, 0.3) is 0 Å². The molecule has 0 atom stereocenters. The molecule has 1 aromatic rings. The van der Waals surface area contributed by atoms with Crippen molar-refractivity contribution in [2.24, 2.45) is 5.73 Å². The molecule has 2 N–H and O–H groups in total. The zero-order chi connectivity index (χ0) is 12.7. The third-order valence-corrected chi connectivity index (χ3v) is 2.46. The number of rotatable bonds is 6. The largest absolute Gasteiger partial charge is 0.493 e. The van der Waals surface area contributed by atoms with Crippen LogP contribution in [0.3, 0.4) is 0 Å². The van der Waals surface area contributed by atoms with Crippen LogP contribution in [-0.2, 0) is 4.79 Å². The molecular formula is C13H20N2O2. The van der Waals surface area contributed by atoms with Gasteiger partial charge in [-0.3, -0.25) is 4.79 Å². The molecule has 4 nitrogen and oxygen atoms in total. The molecule has 1 aromatic carbocycles. The van der Waals surface area contributed by atoms with Crippen LogP contribution in [0.5, 0.6) is 5.75 Å². The maximum Gasteiger partial charge on any atom is 0.225 e. The Kier molecular flexibility index (Phi) is 5.49. The zero-order valence-corrected chi connectivity index (χ0v) is 10.5. The van der Waals surface area contributed by atoms with Gasteiger partial charge >= 0.3 is 0 Å². The molecule has 0 fully saturated rings. The van der Waals surface area contributed by atoms with Gasteiger partial charge in [0, 0.05) is 20.1 Å². The fraction of sp³-hybridized carbons (Fsp3) is 0.462. The molecule has 17 heavy (non-hydrogen) atoms. The summed E-state index contributed by atoms with van der Waals surface area (Å²) in [4.78, 5) is 13.2. The standard InChI is InChI=1S/C13H20N2O2/c1-11-4-3-5-12(10-11)17-9-6-13(16)15(2)8-7-14/h3-5,10H,6-9,14H2,1-2H3. The first kappa shape index (κ1) is 13.5. The molecule has 0 aromatic heterocycles. The lowest BCUT2D eigenvalue weighted by Gasteiger charge is -2.16. The molecule has 0 spiro atoms. The third kappa shape index (κ3) is 4.87. The predicted molar refractivity (Wildman–Crippen MR) is 68.0 cm³/mol. The Hall–Kier alpha value is -1.55. The van der Waals surface area contributed by atoms with E-state index in [4.69, 9.17) is 10.5 Å². The predicted octanol–water partition coefficient (Wildman–Crippen LogP) is 1.18. The summed E-state index contributed by atoms with van der Waals surface area (Å²) in [6.45, 7) is 3.48. The minimum Gasteiger partial charge on any atom is -0.493 e. The molecule has 1 rings (SSSR count). The average Bonchev–Trinajstić information content (AvgIpc) is 2.29. The minimum atomic E-state index is 0.0584. The highest BCUT2D eigenvalue weighted by Crippen LogP contribution is 2.12. The number of aryl methyl sites for hydroxylation is 1. The van der Waals surface area contributed by atoms with Crippen LogP contribution in [-0.4, -0.2) is 37.6 Å². The maximum absolute atomic E-state index is 11.6. The zero-order valence-electron chi connectivity index (χ0n) is 10.5. The van der Waals surface area contributed by atoms with Crippen LogP contribution in [0, 0.1) is 6.92 Å². The van der Waals surface area contributed by atoms with Gasteiger partial charge in [-0.1, -0.05) is 12.1 Å². The van der Waals surface area contributed by atoms with Crippen molar-refractivity contribution in [1.82, 2.24) is 4.90 Å². The van der Waals surface area contributed by atoms with Gasteiger partial charge in [0.15, 0.2) is 0 Å². The molecule has 0 saturated carbocycles. The Bertz CT molecular complexity index is 366. The first-order valence-electron chi connectivity index (χ1n) is 5.77. The molecule has 1 amide bonds. The van der Waals surface area contributed by atoms with Crippen LogP contribution < -0.4 is 10.5 Å². The van der Waals surface area contributed by atoms with Gasteiger partial charge in [0.05, 0.1) is 13.0 Å². The smallest absolute Gasteiger partial charge is 0.225 e. The molecule has 0 bridgehead atoms. The summed E-state index contributed by atoms with van der Waals surface area (Å²) in [5.41, 5.74) is 6.53. The molecule has 0 radical (unpaired) electrons. The van der Waals surface area contributed by atoms with Crippen LogP contribution in [0.4, 0.5) is 0 Å². The van der Waals surface area contributed by atoms with Crippen molar-refractivity contribution < 1.29 is 9.53 Å². The number of nitrogens with two attached hydrogens (primary N) is 1. The number of benzene rings is 1. The van der Waals surface area contributed by atoms with E-state index in [1.807, 2.05) is 31.2 Å². The number of hydrogen-bond donors (Lipinski definition) is 1. The summed E-state index contributed by atoms with van der Waals surface area (Å²) in [5, 5.41) is 0. The van der Waals surface area contributed by atoms with Gasteiger partial charge in [-0.25, -0.2) is 0 Å². The van der Waals surface area contributed by atoms with Crippen LogP contribution in [0.2, 0.25) is 0 Å². The SMILES string of the molecule is Cc1cccc(OCCC(=O)N(C)CCN)c1. The Morgan fingerprint density at radius 3 is 2.88 bits per heavy atom. The number of carbonyl (C=O) groups is 1. The molecule has 4 heteroatoms. The van der Waals surface area contributed by atoms with Gasteiger partial charge in [-0.2, -0.15) is 0 Å². The monoisotopic (exact) mass is 236 g/mol. The molecular weight excluding hydrogens is 216 g/mol. The van der Waals surface area contributed by atoms with Crippen molar-refractivity contribution in [2.75, 3.05) is 26.7 Å². The lowest BCUT2D eigenvalue weighted by molar-refractivity contribution is -0.130. The Balaban J connectivity index is 2.30. The number of hydrogen-bond acceptors (Lipinski definition) is 3. The molecule has 0 saturated heterocycles. The van der Waals surface area contributed by atoms with Crippen LogP contribution >= 0.6 is 0 Å². The number of ether oxygens (including phenoxy) is 1. The Labute approximate surface area is 102 Å². The van der Waals surface area contributed by atoms with Gasteiger partial charge < -0.3 is 15.4 Å². The quantitative estimate of drug-likeness (QED) is 0.807. The van der Waals surface area contributed by atoms with E-state index in [2.05, 4.69) is 0 Å². The van der Waals surface area contributed by atoms with Gasteiger partial charge in [0.1, 0.15) is 5.75 Å². The molecule has 0 unspecified atom stereocenters. The fourth-order valence-electron chi connectivity index (χ4n) is 1.47. The lowest BCUT2D eigenvalue weighted by atomic mass is 10.2. The van der Waals surface area contributed by atoms with E-state index in [0.717, 1.165) is 11.3 Å². The van der Waals surface area contributed by atoms with Crippen molar-refractivity contribution in [3.8, 4) is 5.75 Å². The summed E-state index contributed by atoms with van der Waals surface area (Å²) in [6, 6.07) is 7.79. The van der Waals surface area contributed by atoms with E-state index in [1.54, 1.807) is 11.9 Å². The third-order valence-electron chi connectivity index (χ3n) is 2.46. The summed E-state index contributed by atoms with van der Waals surface area (Å²) in [6.07, 6.45) is 0.379. The molecule has 0 heterocycles. The summed E-state index contributed by atoms with van der Waals surface area (Å²) in [7, 11) is 1.75.